The second kappa shape index (κ2) is 10.6. The number of esters is 1. The maximum absolute atomic E-state index is 12.8. The zero-order valence-electron chi connectivity index (χ0n) is 18.4. The summed E-state index contributed by atoms with van der Waals surface area (Å²) in [5, 5.41) is 6.51. The molecule has 0 saturated carbocycles. The first-order valence-corrected chi connectivity index (χ1v) is 10.3. The number of benzene rings is 2. The number of alkyl carbamates (subject to hydrolysis) is 1. The number of ether oxygens (including phenoxy) is 2. The predicted molar refractivity (Wildman–Crippen MR) is 116 cm³/mol. The lowest BCUT2D eigenvalue weighted by Crippen LogP contribution is -2.43. The Kier molecular flexibility index (Phi) is 7.59. The van der Waals surface area contributed by atoms with E-state index in [9.17, 15) is 9.59 Å². The molecule has 0 aliphatic rings. The molecular formula is C24H27N3O5. The highest BCUT2D eigenvalue weighted by Gasteiger charge is 2.25. The molecule has 3 aromatic rings. The molecule has 8 heteroatoms. The van der Waals surface area contributed by atoms with Crippen LogP contribution in [0.2, 0.25) is 0 Å². The molecule has 8 nitrogen and oxygen atoms in total. The largest absolute Gasteiger partial charge is 0.454 e. The van der Waals surface area contributed by atoms with Crippen molar-refractivity contribution in [2.45, 2.75) is 51.9 Å². The summed E-state index contributed by atoms with van der Waals surface area (Å²) >= 11 is 0. The fourth-order valence-electron chi connectivity index (χ4n) is 2.80. The van der Waals surface area contributed by atoms with Gasteiger partial charge < -0.3 is 19.3 Å². The lowest BCUT2D eigenvalue weighted by Gasteiger charge is -2.17. The Labute approximate surface area is 186 Å². The fourth-order valence-corrected chi connectivity index (χ4v) is 2.80. The van der Waals surface area contributed by atoms with Crippen LogP contribution in [-0.2, 0) is 39.3 Å². The highest BCUT2D eigenvalue weighted by molar-refractivity contribution is 5.81. The van der Waals surface area contributed by atoms with Gasteiger partial charge in [0.1, 0.15) is 12.6 Å². The van der Waals surface area contributed by atoms with Crippen LogP contribution >= 0.6 is 0 Å². The van der Waals surface area contributed by atoms with Crippen LogP contribution < -0.4 is 5.32 Å². The molecule has 2 aromatic carbocycles. The molecule has 32 heavy (non-hydrogen) atoms. The number of aromatic nitrogens is 2. The quantitative estimate of drug-likeness (QED) is 0.532. The minimum absolute atomic E-state index is 0.0946. The van der Waals surface area contributed by atoms with Gasteiger partial charge in [-0.3, -0.25) is 0 Å². The monoisotopic (exact) mass is 437 g/mol. The zero-order chi connectivity index (χ0) is 23.0. The molecular weight excluding hydrogens is 410 g/mol. The summed E-state index contributed by atoms with van der Waals surface area (Å²) in [5.41, 5.74) is 1.42. The van der Waals surface area contributed by atoms with Crippen LogP contribution in [0.1, 0.15) is 43.6 Å². The van der Waals surface area contributed by atoms with Gasteiger partial charge >= 0.3 is 12.1 Å². The Hall–Kier alpha value is -3.68. The summed E-state index contributed by atoms with van der Waals surface area (Å²) in [4.78, 5) is 29.3. The van der Waals surface area contributed by atoms with Gasteiger partial charge in [-0.05, 0) is 11.1 Å². The SMILES string of the molecule is CC(C)(C)c1noc(COC(=O)[C@H](Cc2ccccc2)NC(=O)OCc2ccccc2)n1. The van der Waals surface area contributed by atoms with Crippen LogP contribution in [0.15, 0.2) is 65.2 Å². The molecule has 1 heterocycles. The highest BCUT2D eigenvalue weighted by atomic mass is 16.6. The molecule has 0 spiro atoms. The van der Waals surface area contributed by atoms with Crippen molar-refractivity contribution in [3.05, 3.63) is 83.5 Å². The highest BCUT2D eigenvalue weighted by Crippen LogP contribution is 2.18. The van der Waals surface area contributed by atoms with Crippen molar-refractivity contribution < 1.29 is 23.6 Å². The van der Waals surface area contributed by atoms with E-state index in [-0.39, 0.29) is 30.9 Å². The number of carbonyl (C=O) groups excluding carboxylic acids is 2. The molecule has 0 saturated heterocycles. The van der Waals surface area contributed by atoms with Crippen LogP contribution in [0, 0.1) is 0 Å². The normalized spacial score (nSPS) is 12.1. The number of nitrogens with zero attached hydrogens (tertiary/aromatic N) is 2. The third-order valence-corrected chi connectivity index (χ3v) is 4.55. The first-order valence-electron chi connectivity index (χ1n) is 10.3. The number of carbonyl (C=O) groups is 2. The van der Waals surface area contributed by atoms with Crippen LogP contribution in [-0.4, -0.2) is 28.2 Å². The van der Waals surface area contributed by atoms with Gasteiger partial charge in [0.25, 0.3) is 5.89 Å². The lowest BCUT2D eigenvalue weighted by atomic mass is 9.96. The topological polar surface area (TPSA) is 104 Å². The van der Waals surface area contributed by atoms with E-state index >= 15 is 0 Å². The molecule has 0 bridgehead atoms. The van der Waals surface area contributed by atoms with Crippen LogP contribution in [0.25, 0.3) is 0 Å². The predicted octanol–water partition coefficient (Wildman–Crippen LogP) is 3.95. The minimum Gasteiger partial charge on any atom is -0.454 e. The van der Waals surface area contributed by atoms with Crippen LogP contribution in [0.3, 0.4) is 0 Å². The Balaban J connectivity index is 1.61. The summed E-state index contributed by atoms with van der Waals surface area (Å²) in [6.45, 7) is 5.77. The lowest BCUT2D eigenvalue weighted by molar-refractivity contribution is -0.148. The molecule has 0 aliphatic heterocycles. The summed E-state index contributed by atoms with van der Waals surface area (Å²) in [6, 6.07) is 17.7. The van der Waals surface area contributed by atoms with Gasteiger partial charge in [0.15, 0.2) is 12.4 Å². The maximum atomic E-state index is 12.8. The molecule has 1 aromatic heterocycles. The van der Waals surface area contributed by atoms with Crippen molar-refractivity contribution >= 4 is 12.1 Å². The fraction of sp³-hybridized carbons (Fsp3) is 0.333. The molecule has 3 rings (SSSR count). The first kappa shape index (κ1) is 23.0. The van der Waals surface area contributed by atoms with E-state index in [1.807, 2.05) is 81.4 Å². The second-order valence-electron chi connectivity index (χ2n) is 8.32. The van der Waals surface area contributed by atoms with Crippen LogP contribution in [0.5, 0.6) is 0 Å². The first-order chi connectivity index (χ1) is 15.3. The molecule has 0 fully saturated rings. The van der Waals surface area contributed by atoms with Gasteiger partial charge in [0.05, 0.1) is 0 Å². The molecule has 168 valence electrons. The Morgan fingerprint density at radius 1 is 0.938 bits per heavy atom. The molecule has 0 aliphatic carbocycles. The van der Waals surface area contributed by atoms with Gasteiger partial charge in [-0.2, -0.15) is 4.98 Å². The van der Waals surface area contributed by atoms with Crippen molar-refractivity contribution in [1.82, 2.24) is 15.5 Å². The van der Waals surface area contributed by atoms with E-state index in [0.717, 1.165) is 11.1 Å². The molecule has 1 N–H and O–H groups in total. The van der Waals surface area contributed by atoms with E-state index in [1.54, 1.807) is 0 Å². The van der Waals surface area contributed by atoms with E-state index in [1.165, 1.54) is 0 Å². The van der Waals surface area contributed by atoms with Gasteiger partial charge in [-0.1, -0.05) is 86.6 Å². The Morgan fingerprint density at radius 3 is 2.16 bits per heavy atom. The minimum atomic E-state index is -0.939. The third-order valence-electron chi connectivity index (χ3n) is 4.55. The zero-order valence-corrected chi connectivity index (χ0v) is 18.4. The average molecular weight is 437 g/mol. The molecule has 1 atom stereocenters. The van der Waals surface area contributed by atoms with Crippen molar-refractivity contribution in [3.63, 3.8) is 0 Å². The van der Waals surface area contributed by atoms with Crippen LogP contribution in [0.4, 0.5) is 4.79 Å². The smallest absolute Gasteiger partial charge is 0.408 e. The summed E-state index contributed by atoms with van der Waals surface area (Å²) in [6.07, 6.45) is -0.462. The Bertz CT molecular complexity index is 1010. The summed E-state index contributed by atoms with van der Waals surface area (Å²) < 4.78 is 15.8. The molecule has 0 radical (unpaired) electrons. The molecule has 0 unspecified atom stereocenters. The van der Waals surface area contributed by atoms with Gasteiger partial charge in [-0.15, -0.1) is 0 Å². The van der Waals surface area contributed by atoms with E-state index in [4.69, 9.17) is 14.0 Å². The average Bonchev–Trinajstić information content (AvgIpc) is 3.27. The van der Waals surface area contributed by atoms with E-state index in [2.05, 4.69) is 15.5 Å². The molecule has 1 amide bonds. The standard InChI is InChI=1S/C24H27N3O5/c1-24(2,3)22-26-20(32-27-22)16-30-21(28)19(14-17-10-6-4-7-11-17)25-23(29)31-15-18-12-8-5-9-13-18/h4-13,19H,14-16H2,1-3H3,(H,25,29)/t19-/m0/s1. The summed E-state index contributed by atoms with van der Waals surface area (Å²) in [7, 11) is 0. The maximum Gasteiger partial charge on any atom is 0.408 e. The number of rotatable bonds is 8. The number of amides is 1. The van der Waals surface area contributed by atoms with Crippen molar-refractivity contribution in [1.29, 1.82) is 0 Å². The van der Waals surface area contributed by atoms with Crippen molar-refractivity contribution in [2.24, 2.45) is 0 Å². The number of hydrogen-bond donors (Lipinski definition) is 1. The Morgan fingerprint density at radius 2 is 1.56 bits per heavy atom. The second-order valence-corrected chi connectivity index (χ2v) is 8.32. The summed E-state index contributed by atoms with van der Waals surface area (Å²) in [5.74, 6) is 0.0846. The van der Waals surface area contributed by atoms with Gasteiger partial charge in [-0.25, -0.2) is 9.59 Å². The van der Waals surface area contributed by atoms with Crippen molar-refractivity contribution in [3.8, 4) is 0 Å². The van der Waals surface area contributed by atoms with Gasteiger partial charge in [0, 0.05) is 11.8 Å². The van der Waals surface area contributed by atoms with Gasteiger partial charge in [0.2, 0.25) is 0 Å². The van der Waals surface area contributed by atoms with E-state index < -0.39 is 18.1 Å². The third kappa shape index (κ3) is 6.94. The van der Waals surface area contributed by atoms with Crippen molar-refractivity contribution in [2.75, 3.05) is 0 Å². The number of hydrogen-bond acceptors (Lipinski definition) is 7. The van der Waals surface area contributed by atoms with E-state index in [0.29, 0.717) is 5.82 Å². The number of nitrogens with one attached hydrogen (secondary N) is 1.